The number of halogens is 5. The normalized spacial score (nSPS) is 22.7. The molecule has 33 heavy (non-hydrogen) atoms. The Balaban J connectivity index is 1.73. The number of alkyl halides is 3. The highest BCUT2D eigenvalue weighted by Crippen LogP contribution is 2.54. The molecule has 3 aromatic rings. The SMILES string of the molecule is O=C1N(c2ccc(Cl)cc2)[C@H]2CCC[C@@]2(c2cccc(C(F)(F)F)c2)N1c1ccc(Cl)cc1. The van der Waals surface area contributed by atoms with E-state index in [1.807, 2.05) is 0 Å². The molecular formula is C25H19Cl2F3N2O. The molecule has 1 saturated carbocycles. The standard InChI is InChI=1S/C25H19Cl2F3N2O/c26-18-6-10-20(11-7-18)31-22-5-2-14-24(22,16-3-1-4-17(15-16)25(28,29)30)32(23(31)33)21-12-8-19(27)9-13-21/h1,3-4,6-13,15,22H,2,5,14H2/t22-,24-/m0/s1. The molecule has 2 fully saturated rings. The van der Waals surface area contributed by atoms with E-state index in [1.165, 1.54) is 12.1 Å². The number of urea groups is 1. The molecule has 0 N–H and O–H groups in total. The molecule has 1 saturated heterocycles. The summed E-state index contributed by atoms with van der Waals surface area (Å²) < 4.78 is 40.8. The van der Waals surface area contributed by atoms with E-state index in [9.17, 15) is 18.0 Å². The van der Waals surface area contributed by atoms with Crippen LogP contribution in [0.4, 0.5) is 29.3 Å². The van der Waals surface area contributed by atoms with Crippen LogP contribution in [-0.4, -0.2) is 12.1 Å². The van der Waals surface area contributed by atoms with Gasteiger partial charge in [-0.3, -0.25) is 9.80 Å². The summed E-state index contributed by atoms with van der Waals surface area (Å²) in [5, 5.41) is 1.05. The van der Waals surface area contributed by atoms with E-state index in [-0.39, 0.29) is 12.1 Å². The number of nitrogens with zero attached hydrogens (tertiary/aromatic N) is 2. The van der Waals surface area contributed by atoms with Crippen molar-refractivity contribution in [3.63, 3.8) is 0 Å². The fraction of sp³-hybridized carbons (Fsp3) is 0.240. The number of hydrogen-bond donors (Lipinski definition) is 0. The Kier molecular flexibility index (Phi) is 5.33. The minimum atomic E-state index is -4.48. The first-order valence-electron chi connectivity index (χ1n) is 10.5. The number of hydrogen-bond acceptors (Lipinski definition) is 1. The molecular weight excluding hydrogens is 472 g/mol. The molecule has 1 aliphatic carbocycles. The Bertz CT molecular complexity index is 1200. The molecule has 0 aromatic heterocycles. The van der Waals surface area contributed by atoms with E-state index in [4.69, 9.17) is 23.2 Å². The molecule has 0 unspecified atom stereocenters. The number of anilines is 2. The summed E-state index contributed by atoms with van der Waals surface area (Å²) in [7, 11) is 0. The molecule has 1 heterocycles. The number of carbonyl (C=O) groups is 1. The van der Waals surface area contributed by atoms with E-state index in [0.29, 0.717) is 39.8 Å². The monoisotopic (exact) mass is 490 g/mol. The van der Waals surface area contributed by atoms with Gasteiger partial charge in [-0.05, 0) is 85.5 Å². The van der Waals surface area contributed by atoms with Gasteiger partial charge in [-0.15, -0.1) is 0 Å². The van der Waals surface area contributed by atoms with Crippen LogP contribution in [0.3, 0.4) is 0 Å². The van der Waals surface area contributed by atoms with Crippen molar-refractivity contribution >= 4 is 40.6 Å². The molecule has 2 atom stereocenters. The van der Waals surface area contributed by atoms with E-state index in [1.54, 1.807) is 64.4 Å². The minimum absolute atomic E-state index is 0.290. The van der Waals surface area contributed by atoms with E-state index in [2.05, 4.69) is 0 Å². The maximum absolute atomic E-state index is 13.9. The summed E-state index contributed by atoms with van der Waals surface area (Å²) in [4.78, 5) is 17.3. The Morgan fingerprint density at radius 3 is 2.09 bits per heavy atom. The zero-order valence-electron chi connectivity index (χ0n) is 17.3. The first-order chi connectivity index (χ1) is 15.7. The first kappa shape index (κ1) is 22.1. The number of carbonyl (C=O) groups excluding carboxylic acids is 1. The van der Waals surface area contributed by atoms with Gasteiger partial charge in [0.1, 0.15) is 0 Å². The van der Waals surface area contributed by atoms with Crippen molar-refractivity contribution in [1.82, 2.24) is 0 Å². The van der Waals surface area contributed by atoms with Crippen LogP contribution < -0.4 is 9.80 Å². The first-order valence-corrected chi connectivity index (χ1v) is 11.3. The second-order valence-corrected chi connectivity index (χ2v) is 9.22. The smallest absolute Gasteiger partial charge is 0.288 e. The largest absolute Gasteiger partial charge is 0.416 e. The van der Waals surface area contributed by atoms with E-state index < -0.39 is 17.3 Å². The summed E-state index contributed by atoms with van der Waals surface area (Å²) >= 11 is 12.1. The average Bonchev–Trinajstić information content (AvgIpc) is 3.31. The van der Waals surface area contributed by atoms with Crippen LogP contribution in [0, 0.1) is 0 Å². The second-order valence-electron chi connectivity index (χ2n) is 8.35. The van der Waals surface area contributed by atoms with Crippen LogP contribution >= 0.6 is 23.2 Å². The number of rotatable bonds is 3. The van der Waals surface area contributed by atoms with Gasteiger partial charge in [-0.2, -0.15) is 13.2 Å². The van der Waals surface area contributed by atoms with Gasteiger partial charge in [0.05, 0.1) is 17.1 Å². The topological polar surface area (TPSA) is 23.6 Å². The van der Waals surface area contributed by atoms with Crippen molar-refractivity contribution in [3.8, 4) is 0 Å². The van der Waals surface area contributed by atoms with Crippen molar-refractivity contribution in [3.05, 3.63) is 94.0 Å². The van der Waals surface area contributed by atoms with Crippen LogP contribution in [-0.2, 0) is 11.7 Å². The predicted molar refractivity (Wildman–Crippen MR) is 124 cm³/mol. The van der Waals surface area contributed by atoms with Gasteiger partial charge in [0, 0.05) is 21.4 Å². The molecule has 170 valence electrons. The lowest BCUT2D eigenvalue weighted by atomic mass is 9.83. The summed E-state index contributed by atoms with van der Waals surface area (Å²) in [6.07, 6.45) is -2.52. The lowest BCUT2D eigenvalue weighted by molar-refractivity contribution is -0.137. The molecule has 3 aromatic carbocycles. The van der Waals surface area contributed by atoms with Gasteiger partial charge < -0.3 is 0 Å². The number of amides is 2. The van der Waals surface area contributed by atoms with Crippen molar-refractivity contribution in [2.75, 3.05) is 9.80 Å². The summed E-state index contributed by atoms with van der Waals surface area (Å²) in [5.74, 6) is 0. The van der Waals surface area contributed by atoms with E-state index in [0.717, 1.165) is 12.5 Å². The van der Waals surface area contributed by atoms with Crippen LogP contribution in [0.15, 0.2) is 72.8 Å². The van der Waals surface area contributed by atoms with Crippen molar-refractivity contribution in [1.29, 1.82) is 0 Å². The van der Waals surface area contributed by atoms with Crippen molar-refractivity contribution in [2.45, 2.75) is 37.0 Å². The number of benzene rings is 3. The highest BCUT2D eigenvalue weighted by molar-refractivity contribution is 6.31. The summed E-state index contributed by atoms with van der Waals surface area (Å²) in [6, 6.07) is 18.5. The van der Waals surface area contributed by atoms with Crippen LogP contribution in [0.25, 0.3) is 0 Å². The third-order valence-electron chi connectivity index (χ3n) is 6.57. The molecule has 0 spiro atoms. The maximum Gasteiger partial charge on any atom is 0.416 e. The zero-order valence-corrected chi connectivity index (χ0v) is 18.8. The Labute approximate surface area is 199 Å². The van der Waals surface area contributed by atoms with Crippen LogP contribution in [0.1, 0.15) is 30.4 Å². The third-order valence-corrected chi connectivity index (χ3v) is 7.08. The highest BCUT2D eigenvalue weighted by Gasteiger charge is 2.61. The van der Waals surface area contributed by atoms with Crippen molar-refractivity contribution < 1.29 is 18.0 Å². The lowest BCUT2D eigenvalue weighted by Gasteiger charge is -2.38. The van der Waals surface area contributed by atoms with Gasteiger partial charge in [0.2, 0.25) is 0 Å². The molecule has 8 heteroatoms. The fourth-order valence-corrected chi connectivity index (χ4v) is 5.49. The second kappa shape index (κ2) is 7.96. The molecule has 0 radical (unpaired) electrons. The summed E-state index contributed by atoms with van der Waals surface area (Å²) in [5.41, 5.74) is 0.0357. The molecule has 2 aliphatic rings. The molecule has 3 nitrogen and oxygen atoms in total. The quantitative estimate of drug-likeness (QED) is 0.365. The third kappa shape index (κ3) is 3.56. The molecule has 0 bridgehead atoms. The lowest BCUT2D eigenvalue weighted by Crippen LogP contribution is -2.46. The van der Waals surface area contributed by atoms with Gasteiger partial charge in [0.15, 0.2) is 0 Å². The van der Waals surface area contributed by atoms with Gasteiger partial charge in [-0.25, -0.2) is 4.79 Å². The van der Waals surface area contributed by atoms with Gasteiger partial charge in [0.25, 0.3) is 0 Å². The Morgan fingerprint density at radius 2 is 1.48 bits per heavy atom. The highest BCUT2D eigenvalue weighted by atomic mass is 35.5. The van der Waals surface area contributed by atoms with Gasteiger partial charge in [-0.1, -0.05) is 35.3 Å². The minimum Gasteiger partial charge on any atom is -0.288 e. The van der Waals surface area contributed by atoms with Crippen LogP contribution in [0.5, 0.6) is 0 Å². The summed E-state index contributed by atoms with van der Waals surface area (Å²) in [6.45, 7) is 0. The fourth-order valence-electron chi connectivity index (χ4n) is 5.24. The number of fused-ring (bicyclic) bond motifs is 1. The van der Waals surface area contributed by atoms with Crippen molar-refractivity contribution in [2.24, 2.45) is 0 Å². The van der Waals surface area contributed by atoms with Gasteiger partial charge >= 0.3 is 12.2 Å². The van der Waals surface area contributed by atoms with E-state index >= 15 is 0 Å². The predicted octanol–water partition coefficient (Wildman–Crippen LogP) is 7.91. The van der Waals surface area contributed by atoms with Crippen LogP contribution in [0.2, 0.25) is 10.0 Å². The maximum atomic E-state index is 13.9. The molecule has 2 amide bonds. The average molecular weight is 491 g/mol. The molecule has 5 rings (SSSR count). The Morgan fingerprint density at radius 1 is 0.879 bits per heavy atom. The Hall–Kier alpha value is -2.70. The zero-order chi connectivity index (χ0) is 23.4. The molecule has 1 aliphatic heterocycles.